The monoisotopic (exact) mass is 386 g/mol. The molecule has 0 bridgehead atoms. The van der Waals surface area contributed by atoms with Crippen molar-refractivity contribution in [2.45, 2.75) is 32.2 Å². The van der Waals surface area contributed by atoms with E-state index in [0.717, 1.165) is 22.0 Å². The van der Waals surface area contributed by atoms with Crippen molar-refractivity contribution >= 4 is 20.9 Å². The molecule has 0 radical (unpaired) electrons. The average molecular weight is 386 g/mol. The standard InChI is InChI=1S/C20H22N2O4S/c1-12-5-6-17-15(7-12)10-16(20(23)22-17)11-21-27(24,25)19-9-13(2)18(26-4)8-14(19)3/h5-10,21H,11H2,1-4H3,(H,22,23). The fourth-order valence-corrected chi connectivity index (χ4v) is 4.34. The summed E-state index contributed by atoms with van der Waals surface area (Å²) in [6.45, 7) is 5.36. The minimum absolute atomic E-state index is 0.0912. The van der Waals surface area contributed by atoms with E-state index in [1.165, 1.54) is 0 Å². The van der Waals surface area contributed by atoms with Crippen molar-refractivity contribution in [3.8, 4) is 5.75 Å². The fourth-order valence-electron chi connectivity index (χ4n) is 3.03. The maximum absolute atomic E-state index is 12.7. The minimum Gasteiger partial charge on any atom is -0.496 e. The van der Waals surface area contributed by atoms with E-state index in [9.17, 15) is 13.2 Å². The van der Waals surface area contributed by atoms with E-state index in [4.69, 9.17) is 4.74 Å². The van der Waals surface area contributed by atoms with Gasteiger partial charge in [0.15, 0.2) is 0 Å². The Morgan fingerprint density at radius 1 is 1.04 bits per heavy atom. The van der Waals surface area contributed by atoms with Gasteiger partial charge >= 0.3 is 0 Å². The van der Waals surface area contributed by atoms with Crippen molar-refractivity contribution in [1.29, 1.82) is 0 Å². The van der Waals surface area contributed by atoms with Gasteiger partial charge in [-0.15, -0.1) is 0 Å². The molecule has 0 atom stereocenters. The highest BCUT2D eigenvalue weighted by Gasteiger charge is 2.19. The van der Waals surface area contributed by atoms with Gasteiger partial charge in [-0.1, -0.05) is 11.6 Å². The Morgan fingerprint density at radius 2 is 1.78 bits per heavy atom. The van der Waals surface area contributed by atoms with E-state index in [1.54, 1.807) is 39.2 Å². The van der Waals surface area contributed by atoms with Crippen molar-refractivity contribution in [1.82, 2.24) is 9.71 Å². The highest BCUT2D eigenvalue weighted by molar-refractivity contribution is 7.89. The van der Waals surface area contributed by atoms with Crippen LogP contribution in [0.1, 0.15) is 22.3 Å². The van der Waals surface area contributed by atoms with Crippen molar-refractivity contribution in [2.24, 2.45) is 0 Å². The summed E-state index contributed by atoms with van der Waals surface area (Å²) < 4.78 is 33.2. The van der Waals surface area contributed by atoms with Gasteiger partial charge in [-0.25, -0.2) is 13.1 Å². The van der Waals surface area contributed by atoms with E-state index in [1.807, 2.05) is 25.1 Å². The topological polar surface area (TPSA) is 88.3 Å². The number of hydrogen-bond donors (Lipinski definition) is 2. The quantitative estimate of drug-likeness (QED) is 0.706. The molecule has 1 aromatic heterocycles. The summed E-state index contributed by atoms with van der Waals surface area (Å²) >= 11 is 0. The normalized spacial score (nSPS) is 11.7. The number of hydrogen-bond acceptors (Lipinski definition) is 4. The van der Waals surface area contributed by atoms with E-state index in [2.05, 4.69) is 9.71 Å². The van der Waals surface area contributed by atoms with Crippen LogP contribution in [0.25, 0.3) is 10.9 Å². The maximum atomic E-state index is 12.7. The van der Waals surface area contributed by atoms with E-state index in [-0.39, 0.29) is 17.0 Å². The lowest BCUT2D eigenvalue weighted by molar-refractivity contribution is 0.411. The zero-order valence-corrected chi connectivity index (χ0v) is 16.5. The van der Waals surface area contributed by atoms with Crippen LogP contribution in [-0.2, 0) is 16.6 Å². The number of pyridine rings is 1. The highest BCUT2D eigenvalue weighted by Crippen LogP contribution is 2.25. The molecule has 0 saturated heterocycles. The molecule has 2 N–H and O–H groups in total. The first kappa shape index (κ1) is 19.1. The summed E-state index contributed by atoms with van der Waals surface area (Å²) in [6.07, 6.45) is 0. The van der Waals surface area contributed by atoms with Crippen molar-refractivity contribution < 1.29 is 13.2 Å². The molecule has 0 aliphatic rings. The van der Waals surface area contributed by atoms with Gasteiger partial charge in [0, 0.05) is 17.6 Å². The van der Waals surface area contributed by atoms with Crippen LogP contribution in [0.2, 0.25) is 0 Å². The summed E-state index contributed by atoms with van der Waals surface area (Å²) in [5, 5.41) is 0.861. The Labute approximate surface area is 158 Å². The summed E-state index contributed by atoms with van der Waals surface area (Å²) in [7, 11) is -2.23. The zero-order chi connectivity index (χ0) is 19.8. The lowest BCUT2D eigenvalue weighted by Crippen LogP contribution is -2.27. The van der Waals surface area contributed by atoms with Crippen LogP contribution >= 0.6 is 0 Å². The summed E-state index contributed by atoms with van der Waals surface area (Å²) in [5.41, 5.74) is 3.14. The van der Waals surface area contributed by atoms with Crippen LogP contribution in [0.3, 0.4) is 0 Å². The second-order valence-corrected chi connectivity index (χ2v) is 8.36. The molecular formula is C20H22N2O4S. The molecule has 7 heteroatoms. The number of fused-ring (bicyclic) bond motifs is 1. The molecule has 2 aromatic carbocycles. The molecular weight excluding hydrogens is 364 g/mol. The Kier molecular flexibility index (Phi) is 5.08. The highest BCUT2D eigenvalue weighted by atomic mass is 32.2. The Morgan fingerprint density at radius 3 is 2.48 bits per heavy atom. The summed E-state index contributed by atoms with van der Waals surface area (Å²) in [5.74, 6) is 0.632. The number of sulfonamides is 1. The first-order valence-corrected chi connectivity index (χ1v) is 9.97. The molecule has 0 aliphatic carbocycles. The molecule has 3 rings (SSSR count). The number of aryl methyl sites for hydroxylation is 3. The summed E-state index contributed by atoms with van der Waals surface area (Å²) in [4.78, 5) is 15.2. The molecule has 142 valence electrons. The smallest absolute Gasteiger partial charge is 0.252 e. The number of methoxy groups -OCH3 is 1. The number of H-pyrrole nitrogens is 1. The Bertz CT molecular complexity index is 1180. The number of benzene rings is 2. The molecule has 3 aromatic rings. The second-order valence-electron chi connectivity index (χ2n) is 6.63. The number of aromatic nitrogens is 1. The molecule has 0 amide bonds. The van der Waals surface area contributed by atoms with E-state index >= 15 is 0 Å². The largest absolute Gasteiger partial charge is 0.496 e. The van der Waals surface area contributed by atoms with Gasteiger partial charge < -0.3 is 9.72 Å². The van der Waals surface area contributed by atoms with Gasteiger partial charge in [0.2, 0.25) is 10.0 Å². The van der Waals surface area contributed by atoms with Gasteiger partial charge in [-0.2, -0.15) is 0 Å². The predicted molar refractivity (Wildman–Crippen MR) is 106 cm³/mol. The molecule has 0 fully saturated rings. The molecule has 1 heterocycles. The van der Waals surface area contributed by atoms with Crippen LogP contribution in [0.5, 0.6) is 5.75 Å². The number of nitrogens with one attached hydrogen (secondary N) is 2. The van der Waals surface area contributed by atoms with Gasteiger partial charge in [-0.05, 0) is 67.6 Å². The van der Waals surface area contributed by atoms with Gasteiger partial charge in [0.25, 0.3) is 5.56 Å². The Hall–Kier alpha value is -2.64. The van der Waals surface area contributed by atoms with E-state index < -0.39 is 10.0 Å². The second kappa shape index (κ2) is 7.17. The first-order valence-electron chi connectivity index (χ1n) is 8.49. The van der Waals surface area contributed by atoms with Crippen LogP contribution in [0.15, 0.2) is 46.1 Å². The third-order valence-corrected chi connectivity index (χ3v) is 6.05. The lowest BCUT2D eigenvalue weighted by atomic mass is 10.1. The third-order valence-electron chi connectivity index (χ3n) is 4.51. The maximum Gasteiger partial charge on any atom is 0.252 e. The molecule has 6 nitrogen and oxygen atoms in total. The van der Waals surface area contributed by atoms with Crippen molar-refractivity contribution in [3.05, 3.63) is 69.0 Å². The minimum atomic E-state index is -3.77. The summed E-state index contributed by atoms with van der Waals surface area (Å²) in [6, 6.07) is 10.7. The molecule has 0 spiro atoms. The number of aromatic amines is 1. The van der Waals surface area contributed by atoms with Crippen molar-refractivity contribution in [3.63, 3.8) is 0 Å². The average Bonchev–Trinajstić information content (AvgIpc) is 2.61. The van der Waals surface area contributed by atoms with Crippen LogP contribution in [-0.4, -0.2) is 20.5 Å². The van der Waals surface area contributed by atoms with Gasteiger partial charge in [0.05, 0.1) is 12.0 Å². The SMILES string of the molecule is COc1cc(C)c(S(=O)(=O)NCc2cc3cc(C)ccc3[nH]c2=O)cc1C. The predicted octanol–water partition coefficient (Wildman–Crippen LogP) is 2.94. The number of rotatable bonds is 5. The van der Waals surface area contributed by atoms with E-state index in [0.29, 0.717) is 16.9 Å². The first-order chi connectivity index (χ1) is 12.7. The molecule has 0 unspecified atom stereocenters. The van der Waals surface area contributed by atoms with Gasteiger partial charge in [-0.3, -0.25) is 4.79 Å². The van der Waals surface area contributed by atoms with Gasteiger partial charge in [0.1, 0.15) is 5.75 Å². The Balaban J connectivity index is 1.92. The lowest BCUT2D eigenvalue weighted by Gasteiger charge is -2.13. The molecule has 0 aliphatic heterocycles. The van der Waals surface area contributed by atoms with Crippen LogP contribution < -0.4 is 15.0 Å². The van der Waals surface area contributed by atoms with Crippen LogP contribution in [0, 0.1) is 20.8 Å². The zero-order valence-electron chi connectivity index (χ0n) is 15.7. The third kappa shape index (κ3) is 3.89. The molecule has 27 heavy (non-hydrogen) atoms. The van der Waals surface area contributed by atoms with Crippen molar-refractivity contribution in [2.75, 3.05) is 7.11 Å². The van der Waals surface area contributed by atoms with Crippen LogP contribution in [0.4, 0.5) is 0 Å². The molecule has 0 saturated carbocycles. The fraction of sp³-hybridized carbons (Fsp3) is 0.250. The number of ether oxygens (including phenoxy) is 1.